The Bertz CT molecular complexity index is 1070. The topological polar surface area (TPSA) is 69.0 Å². The Kier molecular flexibility index (Phi) is 8.11. The molecule has 6 nitrogen and oxygen atoms in total. The van der Waals surface area contributed by atoms with Gasteiger partial charge in [0.15, 0.2) is 11.0 Å². The van der Waals surface area contributed by atoms with Crippen molar-refractivity contribution >= 4 is 58.2 Å². The van der Waals surface area contributed by atoms with E-state index in [-0.39, 0.29) is 11.7 Å². The number of nitrogens with one attached hydrogen (secondary N) is 1. The number of thioether (sulfide) groups is 1. The molecule has 1 heterocycles. The number of amides is 1. The smallest absolute Gasteiger partial charge is 0.234 e. The van der Waals surface area contributed by atoms with E-state index >= 15 is 0 Å². The molecule has 0 unspecified atom stereocenters. The molecule has 1 N–H and O–H groups in total. The second kappa shape index (κ2) is 10.6. The van der Waals surface area contributed by atoms with Crippen LogP contribution in [0.2, 0.25) is 15.1 Å². The number of hydrogen-bond donors (Lipinski definition) is 1. The molecule has 3 rings (SSSR count). The number of nitrogens with zero attached hydrogens (tertiary/aromatic N) is 3. The van der Waals surface area contributed by atoms with Crippen LogP contribution in [0.3, 0.4) is 0 Å². The maximum Gasteiger partial charge on any atom is 0.234 e. The van der Waals surface area contributed by atoms with E-state index in [0.29, 0.717) is 44.3 Å². The molecule has 0 radical (unpaired) electrons. The fourth-order valence-corrected chi connectivity index (χ4v) is 3.89. The number of rotatable bonds is 8. The Morgan fingerprint density at radius 1 is 1.10 bits per heavy atom. The van der Waals surface area contributed by atoms with Crippen molar-refractivity contribution in [2.45, 2.75) is 19.0 Å². The second-order valence-electron chi connectivity index (χ2n) is 7.18. The fourth-order valence-electron chi connectivity index (χ4n) is 2.59. The van der Waals surface area contributed by atoms with Gasteiger partial charge in [-0.2, -0.15) is 0 Å². The zero-order chi connectivity index (χ0) is 22.5. The van der Waals surface area contributed by atoms with Crippen LogP contribution in [0.1, 0.15) is 13.8 Å². The highest BCUT2D eigenvalue weighted by Gasteiger charge is 2.15. The summed E-state index contributed by atoms with van der Waals surface area (Å²) in [7, 11) is 1.86. The largest absolute Gasteiger partial charge is 0.493 e. The molecule has 0 fully saturated rings. The first-order chi connectivity index (χ1) is 14.7. The zero-order valence-corrected chi connectivity index (χ0v) is 20.2. The molecular formula is C21H21Cl3N4O2S. The molecule has 0 aliphatic rings. The molecule has 0 atom stereocenters. The first kappa shape index (κ1) is 23.7. The quantitative estimate of drug-likeness (QED) is 0.295. The minimum absolute atomic E-state index is 0.129. The van der Waals surface area contributed by atoms with Crippen LogP contribution in [0, 0.1) is 5.92 Å². The third-order valence-electron chi connectivity index (χ3n) is 4.15. The minimum atomic E-state index is -0.249. The van der Waals surface area contributed by atoms with E-state index in [2.05, 4.69) is 29.4 Å². The summed E-state index contributed by atoms with van der Waals surface area (Å²) < 4.78 is 7.55. The average Bonchev–Trinajstić information content (AvgIpc) is 3.09. The van der Waals surface area contributed by atoms with Crippen LogP contribution in [0.5, 0.6) is 5.75 Å². The Morgan fingerprint density at radius 2 is 1.77 bits per heavy atom. The highest BCUT2D eigenvalue weighted by molar-refractivity contribution is 7.99. The van der Waals surface area contributed by atoms with Gasteiger partial charge in [-0.25, -0.2) is 0 Å². The maximum absolute atomic E-state index is 12.3. The third-order valence-corrected chi connectivity index (χ3v) is 6.20. The lowest BCUT2D eigenvalue weighted by Crippen LogP contribution is -2.14. The van der Waals surface area contributed by atoms with Crippen LogP contribution >= 0.6 is 46.6 Å². The number of ether oxygens (including phenoxy) is 1. The van der Waals surface area contributed by atoms with Crippen LogP contribution in [0.4, 0.5) is 5.69 Å². The highest BCUT2D eigenvalue weighted by atomic mass is 35.5. The molecule has 10 heteroatoms. The summed E-state index contributed by atoms with van der Waals surface area (Å²) >= 11 is 19.3. The summed E-state index contributed by atoms with van der Waals surface area (Å²) in [6.07, 6.45) is 0. The Labute approximate surface area is 200 Å². The van der Waals surface area contributed by atoms with Gasteiger partial charge < -0.3 is 14.6 Å². The van der Waals surface area contributed by atoms with Gasteiger partial charge in [-0.15, -0.1) is 10.2 Å². The van der Waals surface area contributed by atoms with Gasteiger partial charge in [-0.3, -0.25) is 4.79 Å². The zero-order valence-electron chi connectivity index (χ0n) is 17.2. The summed E-state index contributed by atoms with van der Waals surface area (Å²) in [5, 5.41) is 12.7. The summed E-state index contributed by atoms with van der Waals surface area (Å²) in [4.78, 5) is 12.3. The Hall–Kier alpha value is -1.93. The lowest BCUT2D eigenvalue weighted by molar-refractivity contribution is -0.113. The van der Waals surface area contributed by atoms with E-state index in [1.165, 1.54) is 23.9 Å². The van der Waals surface area contributed by atoms with Crippen molar-refractivity contribution in [1.29, 1.82) is 0 Å². The van der Waals surface area contributed by atoms with Gasteiger partial charge >= 0.3 is 0 Å². The van der Waals surface area contributed by atoms with Crippen LogP contribution in [-0.4, -0.2) is 33.0 Å². The van der Waals surface area contributed by atoms with Crippen molar-refractivity contribution in [3.8, 4) is 17.1 Å². The molecular weight excluding hydrogens is 479 g/mol. The number of carbonyl (C=O) groups is 1. The van der Waals surface area contributed by atoms with Gasteiger partial charge in [0.2, 0.25) is 5.91 Å². The normalized spacial score (nSPS) is 11.1. The molecule has 2 aromatic carbocycles. The summed E-state index contributed by atoms with van der Waals surface area (Å²) in [5.74, 6) is 1.85. The lowest BCUT2D eigenvalue weighted by atomic mass is 10.2. The van der Waals surface area contributed by atoms with Gasteiger partial charge in [0, 0.05) is 12.6 Å². The van der Waals surface area contributed by atoms with E-state index in [4.69, 9.17) is 39.5 Å². The number of benzene rings is 2. The van der Waals surface area contributed by atoms with Crippen LogP contribution in [0.15, 0.2) is 41.6 Å². The first-order valence-electron chi connectivity index (χ1n) is 9.44. The number of carbonyl (C=O) groups excluding carboxylic acids is 1. The SMILES string of the molecule is CC(C)COc1ccc(-c2nnc(SCC(=O)Nc3cc(Cl)c(Cl)cc3Cl)n2C)cc1. The van der Waals surface area contributed by atoms with Gasteiger partial charge in [0.25, 0.3) is 0 Å². The van der Waals surface area contributed by atoms with Crippen molar-refractivity contribution in [1.82, 2.24) is 14.8 Å². The van der Waals surface area contributed by atoms with Crippen molar-refractivity contribution in [2.24, 2.45) is 13.0 Å². The van der Waals surface area contributed by atoms with E-state index < -0.39 is 0 Å². The predicted octanol–water partition coefficient (Wildman–Crippen LogP) is 6.21. The lowest BCUT2D eigenvalue weighted by Gasteiger charge is -2.09. The van der Waals surface area contributed by atoms with Gasteiger partial charge in [0.05, 0.1) is 33.1 Å². The van der Waals surface area contributed by atoms with E-state index in [0.717, 1.165) is 11.3 Å². The molecule has 0 saturated carbocycles. The molecule has 0 aliphatic carbocycles. The van der Waals surface area contributed by atoms with Crippen molar-refractivity contribution < 1.29 is 9.53 Å². The van der Waals surface area contributed by atoms with E-state index in [9.17, 15) is 4.79 Å². The van der Waals surface area contributed by atoms with Crippen LogP contribution in [0.25, 0.3) is 11.4 Å². The van der Waals surface area contributed by atoms with Crippen molar-refractivity contribution in [2.75, 3.05) is 17.7 Å². The standard InChI is InChI=1S/C21H21Cl3N4O2S/c1-12(2)10-30-14-6-4-13(5-7-14)20-26-27-21(28(20)3)31-11-19(29)25-18-9-16(23)15(22)8-17(18)24/h4-9,12H,10-11H2,1-3H3,(H,25,29). The van der Waals surface area contributed by atoms with Crippen molar-refractivity contribution in [3.05, 3.63) is 51.5 Å². The molecule has 1 amide bonds. The molecule has 0 bridgehead atoms. The number of halogens is 3. The van der Waals surface area contributed by atoms with Gasteiger partial charge in [0.1, 0.15) is 5.75 Å². The Balaban J connectivity index is 1.61. The highest BCUT2D eigenvalue weighted by Crippen LogP contribution is 2.32. The summed E-state index contributed by atoms with van der Waals surface area (Å²) in [6.45, 7) is 4.87. The minimum Gasteiger partial charge on any atom is -0.493 e. The molecule has 31 heavy (non-hydrogen) atoms. The van der Waals surface area contributed by atoms with Crippen LogP contribution < -0.4 is 10.1 Å². The Morgan fingerprint density at radius 3 is 2.45 bits per heavy atom. The molecule has 0 aliphatic heterocycles. The van der Waals surface area contributed by atoms with Crippen molar-refractivity contribution in [3.63, 3.8) is 0 Å². The van der Waals surface area contributed by atoms with E-state index in [1.807, 2.05) is 35.9 Å². The molecule has 164 valence electrons. The average molecular weight is 500 g/mol. The second-order valence-corrected chi connectivity index (χ2v) is 9.34. The van der Waals surface area contributed by atoms with E-state index in [1.54, 1.807) is 0 Å². The molecule has 0 spiro atoms. The third kappa shape index (κ3) is 6.29. The molecule has 0 saturated heterocycles. The maximum atomic E-state index is 12.3. The molecule has 3 aromatic rings. The predicted molar refractivity (Wildman–Crippen MR) is 128 cm³/mol. The van der Waals surface area contributed by atoms with Crippen LogP contribution in [-0.2, 0) is 11.8 Å². The molecule has 1 aromatic heterocycles. The number of hydrogen-bond acceptors (Lipinski definition) is 5. The monoisotopic (exact) mass is 498 g/mol. The van der Waals surface area contributed by atoms with Gasteiger partial charge in [-0.1, -0.05) is 60.4 Å². The van der Waals surface area contributed by atoms with Gasteiger partial charge in [-0.05, 0) is 42.3 Å². The summed E-state index contributed by atoms with van der Waals surface area (Å²) in [5.41, 5.74) is 1.31. The first-order valence-corrected chi connectivity index (χ1v) is 11.6. The number of anilines is 1. The number of aromatic nitrogens is 3. The fraction of sp³-hybridized carbons (Fsp3) is 0.286. The summed E-state index contributed by atoms with van der Waals surface area (Å²) in [6, 6.07) is 10.7.